The molecule has 0 spiro atoms. The van der Waals surface area contributed by atoms with Crippen LogP contribution in [-0.4, -0.2) is 27.2 Å². The number of aliphatic hydroxyl groups is 3. The van der Waals surface area contributed by atoms with Gasteiger partial charge in [0, 0.05) is 5.57 Å². The van der Waals surface area contributed by atoms with Crippen molar-refractivity contribution in [1.82, 2.24) is 0 Å². The molecule has 1 amide bonds. The second-order valence-electron chi connectivity index (χ2n) is 1.92. The zero-order valence-corrected chi connectivity index (χ0v) is 5.24. The van der Waals surface area contributed by atoms with Crippen LogP contribution in [0.5, 0.6) is 0 Å². The number of rotatable bonds is 3. The van der Waals surface area contributed by atoms with E-state index in [0.717, 1.165) is 0 Å². The number of carbonyl (C=O) groups is 1. The molecule has 0 aromatic carbocycles. The summed E-state index contributed by atoms with van der Waals surface area (Å²) in [5.41, 5.74) is 4.43. The molecule has 0 aliphatic carbocycles. The fourth-order valence-electron chi connectivity index (χ4n) is 0.373. The highest BCUT2D eigenvalue weighted by Gasteiger charge is 2.21. The largest absolute Gasteiger partial charge is 0.366 e. The minimum absolute atomic E-state index is 0.243. The first-order valence-electron chi connectivity index (χ1n) is 2.47. The van der Waals surface area contributed by atoms with Crippen molar-refractivity contribution >= 4 is 5.91 Å². The maximum atomic E-state index is 10.2. The first kappa shape index (κ1) is 9.09. The standard InChI is InChI=1S/C5H9NO4/c1-3(4(6)7)2-5(8,9)10/h8-10H,1-2H2,(H2,6,7). The lowest BCUT2D eigenvalue weighted by molar-refractivity contribution is -0.309. The van der Waals surface area contributed by atoms with E-state index in [2.05, 4.69) is 12.3 Å². The van der Waals surface area contributed by atoms with E-state index in [-0.39, 0.29) is 5.57 Å². The van der Waals surface area contributed by atoms with Gasteiger partial charge in [0.25, 0.3) is 5.97 Å². The van der Waals surface area contributed by atoms with Crippen LogP contribution in [0.1, 0.15) is 6.42 Å². The molecule has 5 nitrogen and oxygen atoms in total. The second-order valence-corrected chi connectivity index (χ2v) is 1.92. The van der Waals surface area contributed by atoms with Crippen molar-refractivity contribution in [3.8, 4) is 0 Å². The minimum atomic E-state index is -2.90. The average Bonchev–Trinajstić information content (AvgIpc) is 1.60. The van der Waals surface area contributed by atoms with E-state index in [1.807, 2.05) is 0 Å². The van der Waals surface area contributed by atoms with Gasteiger partial charge >= 0.3 is 0 Å². The summed E-state index contributed by atoms with van der Waals surface area (Å²) in [6, 6.07) is 0. The summed E-state index contributed by atoms with van der Waals surface area (Å²) in [5, 5.41) is 24.8. The predicted octanol–water partition coefficient (Wildman–Crippen LogP) is -1.95. The highest BCUT2D eigenvalue weighted by Crippen LogP contribution is 2.07. The molecule has 0 bridgehead atoms. The topological polar surface area (TPSA) is 104 Å². The smallest absolute Gasteiger partial charge is 0.279 e. The SMILES string of the molecule is C=C(CC(O)(O)O)C(N)=O. The quantitative estimate of drug-likeness (QED) is 0.275. The Morgan fingerprint density at radius 1 is 1.50 bits per heavy atom. The van der Waals surface area contributed by atoms with Crippen LogP contribution in [0, 0.1) is 0 Å². The fourth-order valence-corrected chi connectivity index (χ4v) is 0.373. The molecule has 0 radical (unpaired) electrons. The summed E-state index contributed by atoms with van der Waals surface area (Å²) in [4.78, 5) is 10.2. The van der Waals surface area contributed by atoms with Crippen molar-refractivity contribution in [1.29, 1.82) is 0 Å². The van der Waals surface area contributed by atoms with E-state index in [9.17, 15) is 4.79 Å². The Balaban J connectivity index is 3.93. The summed E-state index contributed by atoms with van der Waals surface area (Å²) in [6.07, 6.45) is -0.664. The van der Waals surface area contributed by atoms with Gasteiger partial charge in [0.1, 0.15) is 0 Å². The fraction of sp³-hybridized carbons (Fsp3) is 0.400. The molecule has 0 aliphatic rings. The van der Waals surface area contributed by atoms with Crippen molar-refractivity contribution in [3.05, 3.63) is 12.2 Å². The van der Waals surface area contributed by atoms with Gasteiger partial charge < -0.3 is 21.1 Å². The van der Waals surface area contributed by atoms with E-state index < -0.39 is 18.3 Å². The van der Waals surface area contributed by atoms with Gasteiger partial charge in [-0.15, -0.1) is 0 Å². The third-order valence-corrected chi connectivity index (χ3v) is 0.799. The van der Waals surface area contributed by atoms with E-state index in [1.54, 1.807) is 0 Å². The molecule has 0 fully saturated rings. The molecule has 58 valence electrons. The molecule has 5 N–H and O–H groups in total. The molecular weight excluding hydrogens is 138 g/mol. The normalized spacial score (nSPS) is 11.1. The lowest BCUT2D eigenvalue weighted by Gasteiger charge is -2.12. The molecule has 0 aliphatic heterocycles. The van der Waals surface area contributed by atoms with Crippen LogP contribution in [0.25, 0.3) is 0 Å². The minimum Gasteiger partial charge on any atom is -0.366 e. The Bertz CT molecular complexity index is 158. The van der Waals surface area contributed by atoms with Gasteiger partial charge in [0.05, 0.1) is 6.42 Å². The van der Waals surface area contributed by atoms with Crippen LogP contribution in [0.15, 0.2) is 12.2 Å². The van der Waals surface area contributed by atoms with Crippen LogP contribution >= 0.6 is 0 Å². The lowest BCUT2D eigenvalue weighted by atomic mass is 10.2. The Morgan fingerprint density at radius 2 is 1.90 bits per heavy atom. The molecule has 5 heteroatoms. The van der Waals surface area contributed by atoms with Gasteiger partial charge in [-0.3, -0.25) is 4.79 Å². The molecule has 0 unspecified atom stereocenters. The Morgan fingerprint density at radius 3 is 2.00 bits per heavy atom. The van der Waals surface area contributed by atoms with Crippen molar-refractivity contribution in [2.24, 2.45) is 5.73 Å². The molecule has 0 saturated heterocycles. The van der Waals surface area contributed by atoms with Crippen molar-refractivity contribution in [3.63, 3.8) is 0 Å². The molecule has 10 heavy (non-hydrogen) atoms. The summed E-state index contributed by atoms with van der Waals surface area (Å²) >= 11 is 0. The zero-order chi connectivity index (χ0) is 8.36. The number of primary amides is 1. The number of carbonyl (C=O) groups excluding carboxylic acids is 1. The number of hydrogen-bond donors (Lipinski definition) is 4. The summed E-state index contributed by atoms with van der Waals surface area (Å²) in [6.45, 7) is 3.09. The van der Waals surface area contributed by atoms with E-state index in [0.29, 0.717) is 0 Å². The Hall–Kier alpha value is -0.910. The van der Waals surface area contributed by atoms with Gasteiger partial charge in [-0.1, -0.05) is 6.58 Å². The van der Waals surface area contributed by atoms with E-state index in [1.165, 1.54) is 0 Å². The monoisotopic (exact) mass is 147 g/mol. The van der Waals surface area contributed by atoms with Crippen LogP contribution in [0.3, 0.4) is 0 Å². The summed E-state index contributed by atoms with van der Waals surface area (Å²) < 4.78 is 0. The number of amides is 1. The molecular formula is C5H9NO4. The van der Waals surface area contributed by atoms with Crippen LogP contribution in [0.2, 0.25) is 0 Å². The van der Waals surface area contributed by atoms with Gasteiger partial charge in [0.15, 0.2) is 0 Å². The Labute approximate surface area is 57.4 Å². The number of nitrogens with two attached hydrogens (primary N) is 1. The molecule has 0 atom stereocenters. The molecule has 0 rings (SSSR count). The predicted molar refractivity (Wildman–Crippen MR) is 32.3 cm³/mol. The van der Waals surface area contributed by atoms with Crippen LogP contribution in [0.4, 0.5) is 0 Å². The Kier molecular flexibility index (Phi) is 2.53. The molecule has 0 aromatic rings. The van der Waals surface area contributed by atoms with Crippen LogP contribution < -0.4 is 5.73 Å². The van der Waals surface area contributed by atoms with Crippen molar-refractivity contribution in [2.45, 2.75) is 12.4 Å². The first-order chi connectivity index (χ1) is 4.33. The van der Waals surface area contributed by atoms with E-state index >= 15 is 0 Å². The maximum absolute atomic E-state index is 10.2. The van der Waals surface area contributed by atoms with Crippen molar-refractivity contribution in [2.75, 3.05) is 0 Å². The summed E-state index contributed by atoms with van der Waals surface area (Å²) in [7, 11) is 0. The third kappa shape index (κ3) is 4.02. The maximum Gasteiger partial charge on any atom is 0.279 e. The van der Waals surface area contributed by atoms with Crippen molar-refractivity contribution < 1.29 is 20.1 Å². The van der Waals surface area contributed by atoms with Gasteiger partial charge in [-0.25, -0.2) is 0 Å². The summed E-state index contributed by atoms with van der Waals surface area (Å²) in [5.74, 6) is -3.77. The first-order valence-corrected chi connectivity index (χ1v) is 2.47. The molecule has 0 saturated carbocycles. The van der Waals surface area contributed by atoms with E-state index in [4.69, 9.17) is 15.3 Å². The second kappa shape index (κ2) is 2.78. The number of hydrogen-bond acceptors (Lipinski definition) is 4. The molecule has 0 heterocycles. The third-order valence-electron chi connectivity index (χ3n) is 0.799. The molecule has 0 aromatic heterocycles. The van der Waals surface area contributed by atoms with Crippen LogP contribution in [-0.2, 0) is 4.79 Å². The highest BCUT2D eigenvalue weighted by molar-refractivity contribution is 5.91. The van der Waals surface area contributed by atoms with Gasteiger partial charge in [-0.2, -0.15) is 0 Å². The average molecular weight is 147 g/mol. The zero-order valence-electron chi connectivity index (χ0n) is 5.24. The van der Waals surface area contributed by atoms with Gasteiger partial charge in [-0.05, 0) is 0 Å². The van der Waals surface area contributed by atoms with Gasteiger partial charge in [0.2, 0.25) is 5.91 Å². The lowest BCUT2D eigenvalue weighted by Crippen LogP contribution is -2.30. The highest BCUT2D eigenvalue weighted by atomic mass is 16.7.